The number of hydroxylamine groups is 1. The van der Waals surface area contributed by atoms with Gasteiger partial charge in [-0.15, -0.1) is 0 Å². The monoisotopic (exact) mass is 446 g/mol. The van der Waals surface area contributed by atoms with Crippen molar-refractivity contribution >= 4 is 28.1 Å². The molecule has 4 rings (SSSR count). The molecule has 1 saturated heterocycles. The molecule has 0 saturated carbocycles. The van der Waals surface area contributed by atoms with Gasteiger partial charge in [-0.25, -0.2) is 5.48 Å². The molecular weight excluding hydrogens is 420 g/mol. The normalized spacial score (nSPS) is 23.0. The number of rotatable bonds is 5. The Balaban J connectivity index is 1.42. The van der Waals surface area contributed by atoms with Crippen LogP contribution in [0.25, 0.3) is 0 Å². The van der Waals surface area contributed by atoms with E-state index in [2.05, 4.69) is 15.5 Å². The highest BCUT2D eigenvalue weighted by Gasteiger charge is 2.34. The van der Waals surface area contributed by atoms with E-state index in [0.717, 1.165) is 11.3 Å². The van der Waals surface area contributed by atoms with Crippen LogP contribution < -0.4 is 21.0 Å². The number of anilines is 1. The number of hydrogen-bond acceptors (Lipinski definition) is 7. The molecule has 2 aliphatic rings. The molecule has 2 amide bonds. The summed E-state index contributed by atoms with van der Waals surface area (Å²) in [4.78, 5) is 27.0. The highest BCUT2D eigenvalue weighted by atomic mass is 32.3. The summed E-state index contributed by atoms with van der Waals surface area (Å²) < 4.78 is 20.6. The molecule has 9 nitrogen and oxygen atoms in total. The maximum Gasteiger partial charge on any atom is 0.251 e. The van der Waals surface area contributed by atoms with Crippen LogP contribution in [-0.2, 0) is 11.3 Å². The average molecular weight is 447 g/mol. The second-order valence-electron chi connectivity index (χ2n) is 7.78. The van der Waals surface area contributed by atoms with Crippen molar-refractivity contribution in [1.29, 1.82) is 0 Å². The molecule has 0 aromatic heterocycles. The largest absolute Gasteiger partial charge is 0.364 e. The summed E-state index contributed by atoms with van der Waals surface area (Å²) in [6.45, 7) is 1.96. The summed E-state index contributed by atoms with van der Waals surface area (Å²) in [7, 11) is -2.75. The summed E-state index contributed by atoms with van der Waals surface area (Å²) in [6, 6.07) is 14.1. The topological polar surface area (TPSA) is 134 Å². The maximum atomic E-state index is 12.6. The highest BCUT2D eigenvalue weighted by molar-refractivity contribution is 8.24. The molecule has 6 N–H and O–H groups in total. The molecule has 0 bridgehead atoms. The Morgan fingerprint density at radius 2 is 1.84 bits per heavy atom. The van der Waals surface area contributed by atoms with Crippen molar-refractivity contribution in [3.8, 4) is 0 Å². The van der Waals surface area contributed by atoms with Crippen LogP contribution in [0.15, 0.2) is 53.4 Å². The van der Waals surface area contributed by atoms with Gasteiger partial charge in [-0.3, -0.25) is 23.9 Å². The molecule has 1 fully saturated rings. The first-order valence-corrected chi connectivity index (χ1v) is 11.7. The summed E-state index contributed by atoms with van der Waals surface area (Å²) in [5.41, 5.74) is 3.93. The molecule has 2 heterocycles. The lowest BCUT2D eigenvalue weighted by molar-refractivity contribution is -0.133. The molecule has 166 valence electrons. The van der Waals surface area contributed by atoms with Crippen molar-refractivity contribution in [3.05, 3.63) is 59.7 Å². The number of carbonyl (C=O) groups excluding carboxylic acids is 2. The zero-order chi connectivity index (χ0) is 22.0. The Morgan fingerprint density at radius 1 is 1.10 bits per heavy atom. The third-order valence-electron chi connectivity index (χ3n) is 5.77. The second kappa shape index (κ2) is 8.85. The van der Waals surface area contributed by atoms with Gasteiger partial charge < -0.3 is 15.5 Å². The minimum Gasteiger partial charge on any atom is -0.364 e. The van der Waals surface area contributed by atoms with Crippen molar-refractivity contribution in [3.63, 3.8) is 0 Å². The van der Waals surface area contributed by atoms with E-state index in [1.54, 1.807) is 29.7 Å². The quantitative estimate of drug-likeness (QED) is 0.304. The third kappa shape index (κ3) is 4.53. The molecule has 0 aliphatic carbocycles. The lowest BCUT2D eigenvalue weighted by Crippen LogP contribution is -2.45. The van der Waals surface area contributed by atoms with E-state index in [-0.39, 0.29) is 5.91 Å². The zero-order valence-electron chi connectivity index (χ0n) is 16.8. The molecule has 2 aromatic carbocycles. The van der Waals surface area contributed by atoms with E-state index in [1.165, 1.54) is 0 Å². The van der Waals surface area contributed by atoms with Crippen molar-refractivity contribution in [2.45, 2.75) is 17.5 Å². The van der Waals surface area contributed by atoms with Crippen LogP contribution in [0.1, 0.15) is 15.9 Å². The molecule has 0 radical (unpaired) electrons. The number of para-hydroxylation sites is 1. The molecule has 31 heavy (non-hydrogen) atoms. The van der Waals surface area contributed by atoms with Gasteiger partial charge in [0.2, 0.25) is 5.91 Å². The van der Waals surface area contributed by atoms with Crippen LogP contribution in [-0.4, -0.2) is 57.6 Å². The predicted octanol–water partition coefficient (Wildman–Crippen LogP) is 1.64. The van der Waals surface area contributed by atoms with Gasteiger partial charge in [-0.2, -0.15) is 10.6 Å². The lowest BCUT2D eigenvalue weighted by atomic mass is 10.0. The Kier molecular flexibility index (Phi) is 6.17. The Hall–Kier alpha value is -2.63. The van der Waals surface area contributed by atoms with Gasteiger partial charge >= 0.3 is 0 Å². The van der Waals surface area contributed by atoms with E-state index in [1.807, 2.05) is 24.3 Å². The number of nitrogens with zero attached hydrogens (tertiary/aromatic N) is 1. The summed E-state index contributed by atoms with van der Waals surface area (Å²) >= 11 is 0. The molecular formula is C21H26N4O5S. The Labute approximate surface area is 181 Å². The fourth-order valence-corrected chi connectivity index (χ4v) is 5.57. The van der Waals surface area contributed by atoms with Crippen LogP contribution in [0.4, 0.5) is 5.69 Å². The standard InChI is InChI=1S/C21H26N4O5S/c26-20(23-17-12-22-11-16(17)21(27)24-28)15-7-5-14(6-8-15)13-25-9-10-31(29,30)19-4-2-1-3-18(19)25/h1-8,16-17,22,28-30H,9-13H2,(H,23,26)(H,24,27)/t16-,17+/m0/s1. The van der Waals surface area contributed by atoms with E-state index in [0.29, 0.717) is 42.4 Å². The third-order valence-corrected chi connectivity index (χ3v) is 7.57. The summed E-state index contributed by atoms with van der Waals surface area (Å²) in [5.74, 6) is -1.04. The number of amides is 2. The number of carbonyl (C=O) groups is 2. The van der Waals surface area contributed by atoms with Crippen molar-refractivity contribution in [2.24, 2.45) is 5.92 Å². The van der Waals surface area contributed by atoms with Gasteiger partial charge in [0.1, 0.15) is 0 Å². The smallest absolute Gasteiger partial charge is 0.251 e. The van der Waals surface area contributed by atoms with Crippen molar-refractivity contribution in [1.82, 2.24) is 16.1 Å². The van der Waals surface area contributed by atoms with Gasteiger partial charge in [-0.1, -0.05) is 24.3 Å². The summed E-state index contributed by atoms with van der Waals surface area (Å²) in [5, 5.41) is 14.7. The van der Waals surface area contributed by atoms with Gasteiger partial charge in [-0.05, 0) is 29.8 Å². The minimum absolute atomic E-state index is 0.284. The fourth-order valence-electron chi connectivity index (χ4n) is 4.05. The maximum absolute atomic E-state index is 12.6. The molecule has 10 heteroatoms. The molecule has 2 atom stereocenters. The van der Waals surface area contributed by atoms with Crippen molar-refractivity contribution < 1.29 is 23.9 Å². The summed E-state index contributed by atoms with van der Waals surface area (Å²) in [6.07, 6.45) is 0. The zero-order valence-corrected chi connectivity index (χ0v) is 17.6. The van der Waals surface area contributed by atoms with Crippen LogP contribution in [0, 0.1) is 5.92 Å². The number of fused-ring (bicyclic) bond motifs is 1. The number of benzene rings is 2. The van der Waals surface area contributed by atoms with Crippen molar-refractivity contribution in [2.75, 3.05) is 30.3 Å². The average Bonchev–Trinajstić information content (AvgIpc) is 3.24. The first-order chi connectivity index (χ1) is 14.9. The number of hydrogen-bond donors (Lipinski definition) is 6. The van der Waals surface area contributed by atoms with Crippen LogP contribution in [0.3, 0.4) is 0 Å². The van der Waals surface area contributed by atoms with Gasteiger partial charge in [0, 0.05) is 31.7 Å². The second-order valence-corrected chi connectivity index (χ2v) is 9.96. The Morgan fingerprint density at radius 3 is 2.58 bits per heavy atom. The van der Waals surface area contributed by atoms with Gasteiger partial charge in [0.25, 0.3) is 5.91 Å². The van der Waals surface area contributed by atoms with E-state index in [9.17, 15) is 18.7 Å². The lowest BCUT2D eigenvalue weighted by Gasteiger charge is -2.43. The SMILES string of the molecule is O=C(N[C@@H]1CNC[C@@H]1C(=O)NO)c1ccc(CN2CCS(O)(O)c3ccccc32)cc1. The van der Waals surface area contributed by atoms with Gasteiger partial charge in [0.15, 0.2) is 0 Å². The van der Waals surface area contributed by atoms with E-state index >= 15 is 0 Å². The predicted molar refractivity (Wildman–Crippen MR) is 117 cm³/mol. The van der Waals surface area contributed by atoms with E-state index in [4.69, 9.17) is 5.21 Å². The Bertz CT molecular complexity index is 968. The first-order valence-electron chi connectivity index (χ1n) is 10.0. The van der Waals surface area contributed by atoms with Crippen LogP contribution >= 0.6 is 10.6 Å². The molecule has 0 spiro atoms. The van der Waals surface area contributed by atoms with E-state index < -0.39 is 28.5 Å². The van der Waals surface area contributed by atoms with Gasteiger partial charge in [0.05, 0.1) is 28.3 Å². The van der Waals surface area contributed by atoms with Crippen LogP contribution in [0.5, 0.6) is 0 Å². The fraction of sp³-hybridized carbons (Fsp3) is 0.333. The number of nitrogens with one attached hydrogen (secondary N) is 3. The molecule has 2 aromatic rings. The minimum atomic E-state index is -2.75. The highest BCUT2D eigenvalue weighted by Crippen LogP contribution is 2.54. The molecule has 0 unspecified atom stereocenters. The molecule has 2 aliphatic heterocycles. The van der Waals surface area contributed by atoms with Crippen LogP contribution in [0.2, 0.25) is 0 Å². The first kappa shape index (κ1) is 21.6.